The van der Waals surface area contributed by atoms with E-state index in [1.165, 1.54) is 18.3 Å². The molecule has 0 aromatic heterocycles. The Morgan fingerprint density at radius 1 is 1.00 bits per heavy atom. The molecule has 3 aromatic rings. The van der Waals surface area contributed by atoms with Gasteiger partial charge in [0.15, 0.2) is 11.5 Å². The molecule has 3 rings (SSSR count). The van der Waals surface area contributed by atoms with Crippen molar-refractivity contribution >= 4 is 41.3 Å². The van der Waals surface area contributed by atoms with E-state index in [0.29, 0.717) is 39.3 Å². The van der Waals surface area contributed by atoms with Gasteiger partial charge in [0.25, 0.3) is 5.91 Å². The molecule has 0 fully saturated rings. The Hall–Kier alpha value is -3.55. The molecule has 2 N–H and O–H groups in total. The fourth-order valence-corrected chi connectivity index (χ4v) is 3.20. The fourth-order valence-electron chi connectivity index (χ4n) is 2.80. The third-order valence-corrected chi connectivity index (χ3v) is 4.93. The maximum atomic E-state index is 12.1. The molecule has 170 valence electrons. The molecule has 0 unspecified atom stereocenters. The van der Waals surface area contributed by atoms with Gasteiger partial charge in [0.05, 0.1) is 23.4 Å². The third-order valence-electron chi connectivity index (χ3n) is 4.40. The van der Waals surface area contributed by atoms with Gasteiger partial charge in [-0.3, -0.25) is 4.79 Å². The number of nitrogens with zero attached hydrogens (tertiary/aromatic N) is 1. The van der Waals surface area contributed by atoms with Gasteiger partial charge < -0.3 is 14.6 Å². The van der Waals surface area contributed by atoms with Crippen LogP contribution in [0.1, 0.15) is 38.8 Å². The van der Waals surface area contributed by atoms with Crippen molar-refractivity contribution in [2.24, 2.45) is 5.10 Å². The zero-order valence-electron chi connectivity index (χ0n) is 17.5. The minimum Gasteiger partial charge on any atom is -0.490 e. The van der Waals surface area contributed by atoms with Crippen LogP contribution >= 0.6 is 23.2 Å². The van der Waals surface area contributed by atoms with Crippen molar-refractivity contribution in [2.45, 2.75) is 13.5 Å². The van der Waals surface area contributed by atoms with E-state index in [0.717, 1.165) is 5.56 Å². The maximum Gasteiger partial charge on any atom is 0.335 e. The second-order valence-corrected chi connectivity index (χ2v) is 7.60. The van der Waals surface area contributed by atoms with Crippen LogP contribution in [0.3, 0.4) is 0 Å². The van der Waals surface area contributed by atoms with E-state index in [1.807, 2.05) is 6.92 Å². The van der Waals surface area contributed by atoms with E-state index in [-0.39, 0.29) is 18.1 Å². The van der Waals surface area contributed by atoms with E-state index in [4.69, 9.17) is 37.8 Å². The maximum absolute atomic E-state index is 12.1. The number of rotatable bonds is 9. The molecule has 0 spiro atoms. The predicted octanol–water partition coefficient (Wildman–Crippen LogP) is 5.43. The lowest BCUT2D eigenvalue weighted by Crippen LogP contribution is -2.17. The molecule has 3 aromatic carbocycles. The lowest BCUT2D eigenvalue weighted by Gasteiger charge is -2.14. The van der Waals surface area contributed by atoms with Crippen LogP contribution in [0.4, 0.5) is 0 Å². The molecule has 9 heteroatoms. The minimum absolute atomic E-state index is 0.171. The van der Waals surface area contributed by atoms with Crippen molar-refractivity contribution < 1.29 is 24.2 Å². The van der Waals surface area contributed by atoms with Gasteiger partial charge in [-0.2, -0.15) is 5.10 Å². The van der Waals surface area contributed by atoms with Crippen LogP contribution in [-0.2, 0) is 6.61 Å². The quantitative estimate of drug-likeness (QED) is 0.310. The highest BCUT2D eigenvalue weighted by Crippen LogP contribution is 2.37. The highest BCUT2D eigenvalue weighted by Gasteiger charge is 2.13. The second kappa shape index (κ2) is 11.4. The number of carboxylic acid groups (broad SMARTS) is 1. The smallest absolute Gasteiger partial charge is 0.335 e. The Bertz CT molecular complexity index is 1160. The summed E-state index contributed by atoms with van der Waals surface area (Å²) >= 11 is 12.2. The molecule has 0 bridgehead atoms. The van der Waals surface area contributed by atoms with Gasteiger partial charge in [-0.25, -0.2) is 10.2 Å². The first-order valence-corrected chi connectivity index (χ1v) is 10.6. The van der Waals surface area contributed by atoms with Crippen molar-refractivity contribution in [3.63, 3.8) is 0 Å². The van der Waals surface area contributed by atoms with Crippen molar-refractivity contribution in [3.8, 4) is 11.5 Å². The molecular formula is C24H20Cl2N2O5. The van der Waals surface area contributed by atoms with Gasteiger partial charge in [0.1, 0.15) is 6.61 Å². The summed E-state index contributed by atoms with van der Waals surface area (Å²) in [6.45, 7) is 2.38. The summed E-state index contributed by atoms with van der Waals surface area (Å²) in [7, 11) is 0. The molecule has 0 atom stereocenters. The zero-order chi connectivity index (χ0) is 23.8. The molecule has 0 aliphatic heterocycles. The van der Waals surface area contributed by atoms with Crippen LogP contribution in [0.5, 0.6) is 11.5 Å². The van der Waals surface area contributed by atoms with Gasteiger partial charge in [0.2, 0.25) is 0 Å². The third kappa shape index (κ3) is 6.71. The Labute approximate surface area is 200 Å². The zero-order valence-corrected chi connectivity index (χ0v) is 19.1. The van der Waals surface area contributed by atoms with Gasteiger partial charge in [0, 0.05) is 10.6 Å². The monoisotopic (exact) mass is 486 g/mol. The first-order chi connectivity index (χ1) is 15.9. The highest BCUT2D eigenvalue weighted by atomic mass is 35.5. The number of hydrazone groups is 1. The number of nitrogens with one attached hydrogen (secondary N) is 1. The summed E-state index contributed by atoms with van der Waals surface area (Å²) in [5.74, 6) is -0.612. The Morgan fingerprint density at radius 2 is 1.67 bits per heavy atom. The van der Waals surface area contributed by atoms with Crippen molar-refractivity contribution in [3.05, 3.63) is 93.0 Å². The average Bonchev–Trinajstić information content (AvgIpc) is 2.79. The Kier molecular flexibility index (Phi) is 8.29. The summed E-state index contributed by atoms with van der Waals surface area (Å²) in [6.07, 6.45) is 1.44. The number of hydrogen-bond donors (Lipinski definition) is 2. The molecule has 0 aliphatic carbocycles. The van der Waals surface area contributed by atoms with E-state index in [1.54, 1.807) is 48.5 Å². The molecule has 7 nitrogen and oxygen atoms in total. The van der Waals surface area contributed by atoms with E-state index in [9.17, 15) is 9.59 Å². The van der Waals surface area contributed by atoms with Gasteiger partial charge >= 0.3 is 5.97 Å². The summed E-state index contributed by atoms with van der Waals surface area (Å²) in [5.41, 5.74) is 4.42. The van der Waals surface area contributed by atoms with E-state index in [2.05, 4.69) is 10.5 Å². The standard InChI is InChI=1S/C24H20Cl2N2O5/c1-2-32-21-12-16(13-27-28-23(29)17-7-9-19(25)10-8-17)11-20(26)22(21)33-14-15-3-5-18(6-4-15)24(30)31/h3-13H,2,14H2,1H3,(H,28,29)(H,30,31)/b27-13-. The number of benzene rings is 3. The van der Waals surface area contributed by atoms with Crippen LogP contribution in [0.15, 0.2) is 65.8 Å². The molecule has 0 heterocycles. The predicted molar refractivity (Wildman–Crippen MR) is 127 cm³/mol. The number of amides is 1. The number of carbonyl (C=O) groups excluding carboxylic acids is 1. The fraction of sp³-hybridized carbons (Fsp3) is 0.125. The summed E-state index contributed by atoms with van der Waals surface area (Å²) < 4.78 is 11.5. The van der Waals surface area contributed by atoms with Crippen LogP contribution < -0.4 is 14.9 Å². The van der Waals surface area contributed by atoms with Crippen LogP contribution in [0.2, 0.25) is 10.0 Å². The summed E-state index contributed by atoms with van der Waals surface area (Å²) in [5, 5.41) is 13.8. The molecular weight excluding hydrogens is 467 g/mol. The van der Waals surface area contributed by atoms with Gasteiger partial charge in [-0.05, 0) is 66.6 Å². The Morgan fingerprint density at radius 3 is 2.30 bits per heavy atom. The largest absolute Gasteiger partial charge is 0.490 e. The first kappa shape index (κ1) is 24.1. The van der Waals surface area contributed by atoms with Crippen molar-refractivity contribution in [1.82, 2.24) is 5.43 Å². The molecule has 0 radical (unpaired) electrons. The van der Waals surface area contributed by atoms with E-state index >= 15 is 0 Å². The van der Waals surface area contributed by atoms with Crippen molar-refractivity contribution in [2.75, 3.05) is 6.61 Å². The molecule has 0 saturated carbocycles. The number of carboxylic acids is 1. The number of hydrogen-bond acceptors (Lipinski definition) is 5. The van der Waals surface area contributed by atoms with Crippen molar-refractivity contribution in [1.29, 1.82) is 0 Å². The Balaban J connectivity index is 1.70. The summed E-state index contributed by atoms with van der Waals surface area (Å²) in [4.78, 5) is 23.1. The minimum atomic E-state index is -0.995. The first-order valence-electron chi connectivity index (χ1n) is 9.87. The highest BCUT2D eigenvalue weighted by molar-refractivity contribution is 6.32. The summed E-state index contributed by atoms with van der Waals surface area (Å²) in [6, 6.07) is 16.1. The number of halogens is 2. The molecule has 0 aliphatic rings. The molecule has 0 saturated heterocycles. The van der Waals surface area contributed by atoms with Gasteiger partial charge in [-0.15, -0.1) is 0 Å². The van der Waals surface area contributed by atoms with Crippen LogP contribution in [0.25, 0.3) is 0 Å². The topological polar surface area (TPSA) is 97.2 Å². The van der Waals surface area contributed by atoms with Crippen LogP contribution in [-0.4, -0.2) is 29.8 Å². The average molecular weight is 487 g/mol. The lowest BCUT2D eigenvalue weighted by molar-refractivity contribution is 0.0696. The number of ether oxygens (including phenoxy) is 2. The van der Waals surface area contributed by atoms with E-state index < -0.39 is 5.97 Å². The normalized spacial score (nSPS) is 10.8. The lowest BCUT2D eigenvalue weighted by atomic mass is 10.1. The molecule has 1 amide bonds. The van der Waals surface area contributed by atoms with Crippen LogP contribution in [0, 0.1) is 0 Å². The second-order valence-electron chi connectivity index (χ2n) is 6.76. The number of carbonyl (C=O) groups is 2. The number of aromatic carboxylic acids is 1. The van der Waals surface area contributed by atoms with Gasteiger partial charge in [-0.1, -0.05) is 35.3 Å². The molecule has 33 heavy (non-hydrogen) atoms. The SMILES string of the molecule is CCOc1cc(/C=N\NC(=O)c2ccc(Cl)cc2)cc(Cl)c1OCc1ccc(C(=O)O)cc1.